The summed E-state index contributed by atoms with van der Waals surface area (Å²) in [6.45, 7) is 5.95. The SMILES string of the molecule is Cc1ccc2cc(C=NS(=O)(=O)N=CC=Cc3ccc(OC(C)C)cc3)ccc2c1Br. The molecule has 0 unspecified atom stereocenters. The Labute approximate surface area is 191 Å². The molecule has 5 nitrogen and oxygen atoms in total. The van der Waals surface area contributed by atoms with Gasteiger partial charge < -0.3 is 4.74 Å². The van der Waals surface area contributed by atoms with Crippen molar-refractivity contribution in [2.45, 2.75) is 26.9 Å². The van der Waals surface area contributed by atoms with E-state index in [4.69, 9.17) is 4.74 Å². The Balaban J connectivity index is 1.66. The van der Waals surface area contributed by atoms with E-state index < -0.39 is 10.2 Å². The topological polar surface area (TPSA) is 68.1 Å². The number of aryl methyl sites for hydroxylation is 1. The molecule has 0 saturated carbocycles. The first-order valence-electron chi connectivity index (χ1n) is 9.71. The van der Waals surface area contributed by atoms with Crippen molar-refractivity contribution in [2.24, 2.45) is 8.80 Å². The third-order valence-corrected chi connectivity index (χ3v) is 6.14. The zero-order valence-electron chi connectivity index (χ0n) is 17.5. The van der Waals surface area contributed by atoms with E-state index in [0.29, 0.717) is 5.56 Å². The minimum absolute atomic E-state index is 0.111. The molecule has 160 valence electrons. The molecule has 0 radical (unpaired) electrons. The third-order valence-electron chi connectivity index (χ3n) is 4.33. The lowest BCUT2D eigenvalue weighted by molar-refractivity contribution is 0.242. The molecule has 3 aromatic carbocycles. The summed E-state index contributed by atoms with van der Waals surface area (Å²) in [6.07, 6.45) is 5.94. The van der Waals surface area contributed by atoms with Crippen molar-refractivity contribution < 1.29 is 13.2 Å². The standard InChI is InChI=1S/C24H23BrN2O3S/c1-17(2)30-22-11-7-19(8-12-22)5-4-14-26-31(28,29)27-16-20-9-13-23-21(15-20)10-6-18(3)24(23)25/h4-17H,1-3H3. The van der Waals surface area contributed by atoms with Crippen LogP contribution in [0.5, 0.6) is 5.75 Å². The van der Waals surface area contributed by atoms with E-state index in [9.17, 15) is 8.42 Å². The van der Waals surface area contributed by atoms with Crippen molar-refractivity contribution >= 4 is 55.4 Å². The molecule has 0 atom stereocenters. The van der Waals surface area contributed by atoms with Crippen LogP contribution in [0, 0.1) is 6.92 Å². The van der Waals surface area contributed by atoms with Gasteiger partial charge in [-0.05, 0) is 88.4 Å². The molecule has 0 N–H and O–H groups in total. The van der Waals surface area contributed by atoms with Crippen LogP contribution in [-0.4, -0.2) is 27.0 Å². The zero-order chi connectivity index (χ0) is 22.4. The number of nitrogens with zero attached hydrogens (tertiary/aromatic N) is 2. The molecule has 3 aromatic rings. The Bertz CT molecular complexity index is 1260. The van der Waals surface area contributed by atoms with Crippen molar-refractivity contribution in [1.82, 2.24) is 0 Å². The van der Waals surface area contributed by atoms with E-state index in [2.05, 4.69) is 24.7 Å². The van der Waals surface area contributed by atoms with Crippen molar-refractivity contribution in [1.29, 1.82) is 0 Å². The van der Waals surface area contributed by atoms with Crippen LogP contribution in [0.25, 0.3) is 16.8 Å². The second-order valence-electron chi connectivity index (χ2n) is 7.21. The van der Waals surface area contributed by atoms with Gasteiger partial charge >= 0.3 is 10.2 Å². The minimum atomic E-state index is -3.96. The van der Waals surface area contributed by atoms with Gasteiger partial charge in [-0.15, -0.1) is 0 Å². The number of ether oxygens (including phenoxy) is 1. The van der Waals surface area contributed by atoms with E-state index in [1.807, 2.05) is 75.4 Å². The van der Waals surface area contributed by atoms with E-state index in [1.165, 1.54) is 12.4 Å². The Hall–Kier alpha value is -2.77. The molecular formula is C24H23BrN2O3S. The summed E-state index contributed by atoms with van der Waals surface area (Å²) in [5, 5.41) is 2.06. The fraction of sp³-hybridized carbons (Fsp3) is 0.167. The summed E-state index contributed by atoms with van der Waals surface area (Å²) in [5.74, 6) is 0.786. The zero-order valence-corrected chi connectivity index (χ0v) is 19.9. The average Bonchev–Trinajstić information content (AvgIpc) is 2.73. The Morgan fingerprint density at radius 3 is 2.39 bits per heavy atom. The predicted octanol–water partition coefficient (Wildman–Crippen LogP) is 6.15. The van der Waals surface area contributed by atoms with E-state index in [-0.39, 0.29) is 6.10 Å². The summed E-state index contributed by atoms with van der Waals surface area (Å²) in [7, 11) is -3.96. The molecule has 7 heteroatoms. The maximum atomic E-state index is 12.1. The summed E-state index contributed by atoms with van der Waals surface area (Å²) in [4.78, 5) is 0. The van der Waals surface area contributed by atoms with Gasteiger partial charge in [-0.25, -0.2) is 0 Å². The van der Waals surface area contributed by atoms with Crippen LogP contribution in [0.3, 0.4) is 0 Å². The first kappa shape index (κ1) is 22.9. The Morgan fingerprint density at radius 2 is 1.68 bits per heavy atom. The van der Waals surface area contributed by atoms with Crippen LogP contribution in [0.4, 0.5) is 0 Å². The molecule has 0 saturated heterocycles. The normalized spacial score (nSPS) is 12.7. The molecule has 0 aliphatic heterocycles. The highest BCUT2D eigenvalue weighted by Crippen LogP contribution is 2.27. The number of fused-ring (bicyclic) bond motifs is 1. The van der Waals surface area contributed by atoms with Crippen LogP contribution in [0.15, 0.2) is 73.9 Å². The highest BCUT2D eigenvalue weighted by atomic mass is 79.9. The van der Waals surface area contributed by atoms with Crippen LogP contribution >= 0.6 is 15.9 Å². The van der Waals surface area contributed by atoms with Crippen LogP contribution in [0.2, 0.25) is 0 Å². The third kappa shape index (κ3) is 6.60. The highest BCUT2D eigenvalue weighted by Gasteiger charge is 2.04. The molecule has 0 aliphatic rings. The van der Waals surface area contributed by atoms with Gasteiger partial charge in [-0.2, -0.15) is 17.2 Å². The van der Waals surface area contributed by atoms with Crippen LogP contribution in [-0.2, 0) is 10.2 Å². The van der Waals surface area contributed by atoms with Crippen molar-refractivity contribution in [3.8, 4) is 5.75 Å². The molecular weight excluding hydrogens is 476 g/mol. The fourth-order valence-electron chi connectivity index (χ4n) is 2.85. The average molecular weight is 499 g/mol. The van der Waals surface area contributed by atoms with Crippen molar-refractivity contribution in [3.05, 3.63) is 81.8 Å². The van der Waals surface area contributed by atoms with Gasteiger partial charge in [0.05, 0.1) is 6.10 Å². The second kappa shape index (κ2) is 10.0. The van der Waals surface area contributed by atoms with Gasteiger partial charge in [0.15, 0.2) is 0 Å². The highest BCUT2D eigenvalue weighted by molar-refractivity contribution is 9.10. The number of rotatable bonds is 7. The molecule has 0 amide bonds. The first-order chi connectivity index (χ1) is 14.7. The lowest BCUT2D eigenvalue weighted by atomic mass is 10.1. The van der Waals surface area contributed by atoms with Crippen molar-refractivity contribution in [2.75, 3.05) is 0 Å². The maximum Gasteiger partial charge on any atom is 0.362 e. The molecule has 0 bridgehead atoms. The maximum absolute atomic E-state index is 12.1. The van der Waals surface area contributed by atoms with Gasteiger partial charge in [-0.3, -0.25) is 0 Å². The van der Waals surface area contributed by atoms with Gasteiger partial charge in [0.1, 0.15) is 5.75 Å². The van der Waals surface area contributed by atoms with E-state index >= 15 is 0 Å². The van der Waals surface area contributed by atoms with Crippen LogP contribution in [0.1, 0.15) is 30.5 Å². The Morgan fingerprint density at radius 1 is 0.968 bits per heavy atom. The number of allylic oxidation sites excluding steroid dienone is 1. The number of hydrogen-bond donors (Lipinski definition) is 0. The monoisotopic (exact) mass is 498 g/mol. The quantitative estimate of drug-likeness (QED) is 0.367. The smallest absolute Gasteiger partial charge is 0.362 e. The largest absolute Gasteiger partial charge is 0.491 e. The number of benzene rings is 3. The second-order valence-corrected chi connectivity index (χ2v) is 9.32. The first-order valence-corrected chi connectivity index (χ1v) is 11.9. The van der Waals surface area contributed by atoms with Crippen LogP contribution < -0.4 is 4.74 Å². The summed E-state index contributed by atoms with van der Waals surface area (Å²) in [6, 6.07) is 17.1. The minimum Gasteiger partial charge on any atom is -0.491 e. The lowest BCUT2D eigenvalue weighted by Gasteiger charge is -2.09. The van der Waals surface area contributed by atoms with Gasteiger partial charge in [0.2, 0.25) is 0 Å². The molecule has 31 heavy (non-hydrogen) atoms. The molecule has 0 aliphatic carbocycles. The van der Waals surface area contributed by atoms with Gasteiger partial charge in [0.25, 0.3) is 0 Å². The molecule has 0 fully saturated rings. The van der Waals surface area contributed by atoms with Crippen molar-refractivity contribution in [3.63, 3.8) is 0 Å². The number of hydrogen-bond acceptors (Lipinski definition) is 3. The molecule has 0 heterocycles. The summed E-state index contributed by atoms with van der Waals surface area (Å²) < 4.78 is 38.0. The van der Waals surface area contributed by atoms with E-state index in [0.717, 1.165) is 32.1 Å². The van der Waals surface area contributed by atoms with Gasteiger partial charge in [-0.1, -0.05) is 42.5 Å². The molecule has 3 rings (SSSR count). The summed E-state index contributed by atoms with van der Waals surface area (Å²) in [5.41, 5.74) is 2.72. The molecule has 0 spiro atoms. The lowest BCUT2D eigenvalue weighted by Crippen LogP contribution is -2.05. The van der Waals surface area contributed by atoms with Gasteiger partial charge in [0, 0.05) is 16.9 Å². The van der Waals surface area contributed by atoms with E-state index in [1.54, 1.807) is 12.2 Å². The predicted molar refractivity (Wildman–Crippen MR) is 133 cm³/mol. The summed E-state index contributed by atoms with van der Waals surface area (Å²) >= 11 is 3.58. The molecule has 0 aromatic heterocycles. The fourth-order valence-corrected chi connectivity index (χ4v) is 3.88. The number of halogens is 1. The Kier molecular flexibility index (Phi) is 7.41.